The monoisotopic (exact) mass is 262 g/mol. The van der Waals surface area contributed by atoms with Crippen molar-refractivity contribution in [2.24, 2.45) is 5.73 Å². The SMILES string of the molecule is Cc1c(F)cc(C(N)=O)cc1NC(C)c1ccn[nH]1. The molecule has 4 N–H and O–H groups in total. The van der Waals surface area contributed by atoms with Gasteiger partial charge in [0, 0.05) is 23.0 Å². The summed E-state index contributed by atoms with van der Waals surface area (Å²) in [6.07, 6.45) is 1.64. The first kappa shape index (κ1) is 13.1. The fraction of sp³-hybridized carbons (Fsp3) is 0.231. The molecule has 0 bridgehead atoms. The molecule has 0 aliphatic carbocycles. The maximum atomic E-state index is 13.7. The second kappa shape index (κ2) is 5.09. The summed E-state index contributed by atoms with van der Waals surface area (Å²) in [6, 6.07) is 4.42. The molecular weight excluding hydrogens is 247 g/mol. The Bertz CT molecular complexity index is 595. The molecule has 0 spiro atoms. The van der Waals surface area contributed by atoms with Gasteiger partial charge < -0.3 is 11.1 Å². The standard InChI is InChI=1S/C13H15FN4O/c1-7-10(14)5-9(13(15)19)6-12(7)17-8(2)11-3-4-16-18-11/h3-6,8,17H,1-2H3,(H2,15,19)(H,16,18). The van der Waals surface area contributed by atoms with Crippen LogP contribution in [-0.4, -0.2) is 16.1 Å². The van der Waals surface area contributed by atoms with E-state index < -0.39 is 11.7 Å². The van der Waals surface area contributed by atoms with Gasteiger partial charge in [0.2, 0.25) is 5.91 Å². The Kier molecular flexibility index (Phi) is 3.50. The highest BCUT2D eigenvalue weighted by Crippen LogP contribution is 2.24. The summed E-state index contributed by atoms with van der Waals surface area (Å²) in [5.41, 5.74) is 7.16. The number of hydrogen-bond donors (Lipinski definition) is 3. The molecule has 0 aliphatic rings. The fourth-order valence-electron chi connectivity index (χ4n) is 1.79. The molecule has 2 aromatic rings. The number of nitrogens with one attached hydrogen (secondary N) is 2. The molecular formula is C13H15FN4O. The lowest BCUT2D eigenvalue weighted by Gasteiger charge is -2.16. The van der Waals surface area contributed by atoms with Crippen LogP contribution in [0.25, 0.3) is 0 Å². The van der Waals surface area contributed by atoms with E-state index in [0.717, 1.165) is 11.8 Å². The molecule has 0 fully saturated rings. The van der Waals surface area contributed by atoms with E-state index in [2.05, 4.69) is 15.5 Å². The summed E-state index contributed by atoms with van der Waals surface area (Å²) in [4.78, 5) is 11.1. The number of aromatic nitrogens is 2. The van der Waals surface area contributed by atoms with Crippen LogP contribution >= 0.6 is 0 Å². The quantitative estimate of drug-likeness (QED) is 0.789. The van der Waals surface area contributed by atoms with Gasteiger partial charge in [0.05, 0.1) is 11.7 Å². The van der Waals surface area contributed by atoms with Crippen LogP contribution in [0.15, 0.2) is 24.4 Å². The fourth-order valence-corrected chi connectivity index (χ4v) is 1.79. The molecule has 0 saturated heterocycles. The molecule has 1 unspecified atom stereocenters. The molecule has 5 nitrogen and oxygen atoms in total. The van der Waals surface area contributed by atoms with Gasteiger partial charge in [-0.1, -0.05) is 0 Å². The van der Waals surface area contributed by atoms with Gasteiger partial charge in [0.15, 0.2) is 0 Å². The van der Waals surface area contributed by atoms with E-state index in [4.69, 9.17) is 5.73 Å². The second-order valence-corrected chi connectivity index (χ2v) is 4.37. The summed E-state index contributed by atoms with van der Waals surface area (Å²) < 4.78 is 13.7. The van der Waals surface area contributed by atoms with Crippen molar-refractivity contribution in [3.63, 3.8) is 0 Å². The number of rotatable bonds is 4. The van der Waals surface area contributed by atoms with Crippen molar-refractivity contribution >= 4 is 11.6 Å². The molecule has 19 heavy (non-hydrogen) atoms. The number of H-pyrrole nitrogens is 1. The Hall–Kier alpha value is -2.37. The smallest absolute Gasteiger partial charge is 0.248 e. The van der Waals surface area contributed by atoms with E-state index in [9.17, 15) is 9.18 Å². The number of aromatic amines is 1. The molecule has 1 heterocycles. The number of primary amides is 1. The van der Waals surface area contributed by atoms with Gasteiger partial charge in [-0.25, -0.2) is 4.39 Å². The molecule has 0 saturated carbocycles. The van der Waals surface area contributed by atoms with Crippen LogP contribution in [0.3, 0.4) is 0 Å². The largest absolute Gasteiger partial charge is 0.377 e. The minimum absolute atomic E-state index is 0.0938. The topological polar surface area (TPSA) is 83.8 Å². The highest BCUT2D eigenvalue weighted by molar-refractivity contribution is 5.94. The lowest BCUT2D eigenvalue weighted by molar-refractivity contribution is 0.1000. The summed E-state index contributed by atoms with van der Waals surface area (Å²) in [6.45, 7) is 3.55. The first-order valence-electron chi connectivity index (χ1n) is 5.84. The average molecular weight is 262 g/mol. The van der Waals surface area contributed by atoms with Gasteiger partial charge in [-0.3, -0.25) is 9.89 Å². The van der Waals surface area contributed by atoms with Gasteiger partial charge in [0.1, 0.15) is 5.82 Å². The Morgan fingerprint density at radius 3 is 2.84 bits per heavy atom. The lowest BCUT2D eigenvalue weighted by Crippen LogP contribution is -2.14. The van der Waals surface area contributed by atoms with Crippen LogP contribution in [0.1, 0.15) is 34.6 Å². The van der Waals surface area contributed by atoms with Crippen LogP contribution in [0.2, 0.25) is 0 Å². The van der Waals surface area contributed by atoms with E-state index in [-0.39, 0.29) is 11.6 Å². The third-order valence-corrected chi connectivity index (χ3v) is 2.99. The van der Waals surface area contributed by atoms with Crippen molar-refractivity contribution in [2.45, 2.75) is 19.9 Å². The number of nitrogens with zero attached hydrogens (tertiary/aromatic N) is 1. The summed E-state index contributed by atoms with van der Waals surface area (Å²) in [7, 11) is 0. The number of carbonyl (C=O) groups is 1. The maximum Gasteiger partial charge on any atom is 0.248 e. The third kappa shape index (κ3) is 2.73. The molecule has 0 radical (unpaired) electrons. The number of carbonyl (C=O) groups excluding carboxylic acids is 1. The summed E-state index contributed by atoms with van der Waals surface area (Å²) >= 11 is 0. The molecule has 100 valence electrons. The molecule has 1 aromatic carbocycles. The Balaban J connectivity index is 2.31. The minimum atomic E-state index is -0.656. The molecule has 1 amide bonds. The lowest BCUT2D eigenvalue weighted by atomic mass is 10.1. The summed E-state index contributed by atoms with van der Waals surface area (Å²) in [5.74, 6) is -1.12. The molecule has 6 heteroatoms. The highest BCUT2D eigenvalue weighted by Gasteiger charge is 2.13. The highest BCUT2D eigenvalue weighted by atomic mass is 19.1. The van der Waals surface area contributed by atoms with Crippen LogP contribution in [0.5, 0.6) is 0 Å². The number of benzene rings is 1. The van der Waals surface area contributed by atoms with Crippen molar-refractivity contribution in [1.82, 2.24) is 10.2 Å². The van der Waals surface area contributed by atoms with Gasteiger partial charge in [-0.15, -0.1) is 0 Å². The number of halogens is 1. The number of amides is 1. The van der Waals surface area contributed by atoms with Crippen molar-refractivity contribution in [2.75, 3.05) is 5.32 Å². The van der Waals surface area contributed by atoms with Crippen LogP contribution < -0.4 is 11.1 Å². The van der Waals surface area contributed by atoms with E-state index in [0.29, 0.717) is 11.3 Å². The zero-order valence-corrected chi connectivity index (χ0v) is 10.7. The first-order chi connectivity index (χ1) is 8.99. The van der Waals surface area contributed by atoms with E-state index in [1.165, 1.54) is 0 Å². The number of anilines is 1. The Morgan fingerprint density at radius 1 is 1.53 bits per heavy atom. The predicted octanol–water partition coefficient (Wildman–Crippen LogP) is 2.13. The zero-order valence-electron chi connectivity index (χ0n) is 10.7. The third-order valence-electron chi connectivity index (χ3n) is 2.99. The van der Waals surface area contributed by atoms with E-state index >= 15 is 0 Å². The van der Waals surface area contributed by atoms with Gasteiger partial charge in [0.25, 0.3) is 0 Å². The Labute approximate surface area is 110 Å². The zero-order chi connectivity index (χ0) is 14.0. The average Bonchev–Trinajstić information content (AvgIpc) is 2.88. The molecule has 2 rings (SSSR count). The molecule has 0 aliphatic heterocycles. The van der Waals surface area contributed by atoms with Gasteiger partial charge in [-0.2, -0.15) is 5.10 Å². The maximum absolute atomic E-state index is 13.7. The first-order valence-corrected chi connectivity index (χ1v) is 5.84. The Morgan fingerprint density at radius 2 is 2.26 bits per heavy atom. The van der Waals surface area contributed by atoms with Crippen molar-refractivity contribution in [3.05, 3.63) is 47.0 Å². The normalized spacial score (nSPS) is 12.2. The number of nitrogens with two attached hydrogens (primary N) is 1. The van der Waals surface area contributed by atoms with Crippen molar-refractivity contribution in [1.29, 1.82) is 0 Å². The van der Waals surface area contributed by atoms with Crippen LogP contribution in [0.4, 0.5) is 10.1 Å². The number of hydrogen-bond acceptors (Lipinski definition) is 3. The van der Waals surface area contributed by atoms with Crippen LogP contribution in [-0.2, 0) is 0 Å². The van der Waals surface area contributed by atoms with Gasteiger partial charge in [-0.05, 0) is 32.0 Å². The van der Waals surface area contributed by atoms with Gasteiger partial charge >= 0.3 is 0 Å². The van der Waals surface area contributed by atoms with Crippen molar-refractivity contribution < 1.29 is 9.18 Å². The molecule has 1 atom stereocenters. The predicted molar refractivity (Wildman–Crippen MR) is 70.3 cm³/mol. The summed E-state index contributed by atoms with van der Waals surface area (Å²) in [5, 5.41) is 9.82. The molecule has 1 aromatic heterocycles. The van der Waals surface area contributed by atoms with E-state index in [1.807, 2.05) is 13.0 Å². The van der Waals surface area contributed by atoms with Crippen LogP contribution in [0, 0.1) is 12.7 Å². The van der Waals surface area contributed by atoms with E-state index in [1.54, 1.807) is 19.2 Å². The minimum Gasteiger partial charge on any atom is -0.377 e. The van der Waals surface area contributed by atoms with Crippen molar-refractivity contribution in [3.8, 4) is 0 Å². The second-order valence-electron chi connectivity index (χ2n) is 4.37.